The van der Waals surface area contributed by atoms with Crippen molar-refractivity contribution in [2.45, 2.75) is 13.3 Å². The van der Waals surface area contributed by atoms with Gasteiger partial charge < -0.3 is 11.1 Å². The Balaban J connectivity index is 1.83. The zero-order valence-corrected chi connectivity index (χ0v) is 11.3. The molecule has 4 nitrogen and oxygen atoms in total. The van der Waals surface area contributed by atoms with Crippen LogP contribution in [0, 0.1) is 17.7 Å². The SMILES string of the molecule is CC1CC1CN(C)CC(=O)Nc1ccc(F)cc1N. The fraction of sp³-hybridized carbons (Fsp3) is 0.500. The lowest BCUT2D eigenvalue weighted by Crippen LogP contribution is -2.32. The lowest BCUT2D eigenvalue weighted by Gasteiger charge is -2.16. The van der Waals surface area contributed by atoms with Crippen molar-refractivity contribution in [3.63, 3.8) is 0 Å². The Kier molecular flexibility index (Phi) is 4.04. The Labute approximate surface area is 112 Å². The van der Waals surface area contributed by atoms with Gasteiger partial charge in [0.15, 0.2) is 0 Å². The van der Waals surface area contributed by atoms with E-state index in [0.717, 1.165) is 12.5 Å². The van der Waals surface area contributed by atoms with Crippen molar-refractivity contribution in [2.75, 3.05) is 31.2 Å². The molecule has 19 heavy (non-hydrogen) atoms. The van der Waals surface area contributed by atoms with Crippen LogP contribution in [0.2, 0.25) is 0 Å². The van der Waals surface area contributed by atoms with Gasteiger partial charge in [0.25, 0.3) is 0 Å². The maximum absolute atomic E-state index is 12.9. The second kappa shape index (κ2) is 5.57. The molecule has 0 spiro atoms. The van der Waals surface area contributed by atoms with Gasteiger partial charge >= 0.3 is 0 Å². The maximum Gasteiger partial charge on any atom is 0.238 e. The first-order valence-corrected chi connectivity index (χ1v) is 6.49. The summed E-state index contributed by atoms with van der Waals surface area (Å²) in [7, 11) is 1.93. The minimum Gasteiger partial charge on any atom is -0.397 e. The Morgan fingerprint density at radius 3 is 2.84 bits per heavy atom. The second-order valence-corrected chi connectivity index (χ2v) is 5.45. The van der Waals surface area contributed by atoms with Crippen LogP contribution in [0.4, 0.5) is 15.8 Å². The standard InChI is InChI=1S/C14H20FN3O/c1-9-5-10(9)7-18(2)8-14(19)17-13-4-3-11(15)6-12(13)16/h3-4,6,9-10H,5,7-8,16H2,1-2H3,(H,17,19). The molecule has 2 rings (SSSR count). The number of carbonyl (C=O) groups is 1. The summed E-state index contributed by atoms with van der Waals surface area (Å²) in [5.41, 5.74) is 6.34. The van der Waals surface area contributed by atoms with Crippen LogP contribution < -0.4 is 11.1 Å². The van der Waals surface area contributed by atoms with Crippen molar-refractivity contribution < 1.29 is 9.18 Å². The van der Waals surface area contributed by atoms with Crippen LogP contribution in [0.25, 0.3) is 0 Å². The highest BCUT2D eigenvalue weighted by Gasteiger charge is 2.33. The quantitative estimate of drug-likeness (QED) is 0.800. The van der Waals surface area contributed by atoms with Gasteiger partial charge in [0.05, 0.1) is 17.9 Å². The summed E-state index contributed by atoms with van der Waals surface area (Å²) in [6, 6.07) is 3.96. The highest BCUT2D eigenvalue weighted by molar-refractivity contribution is 5.95. The Morgan fingerprint density at radius 2 is 2.26 bits per heavy atom. The molecule has 1 saturated carbocycles. The minimum atomic E-state index is -0.407. The number of anilines is 2. The van der Waals surface area contributed by atoms with Gasteiger partial charge in [-0.2, -0.15) is 0 Å². The number of hydrogen-bond acceptors (Lipinski definition) is 3. The second-order valence-electron chi connectivity index (χ2n) is 5.45. The van der Waals surface area contributed by atoms with Crippen molar-refractivity contribution in [3.05, 3.63) is 24.0 Å². The summed E-state index contributed by atoms with van der Waals surface area (Å²) in [4.78, 5) is 13.8. The number of nitrogens with one attached hydrogen (secondary N) is 1. The third-order valence-corrected chi connectivity index (χ3v) is 3.52. The average molecular weight is 265 g/mol. The first kappa shape index (κ1) is 13.8. The smallest absolute Gasteiger partial charge is 0.238 e. The van der Waals surface area contributed by atoms with E-state index in [1.165, 1.54) is 24.6 Å². The van der Waals surface area contributed by atoms with Gasteiger partial charge in [-0.25, -0.2) is 4.39 Å². The molecule has 3 N–H and O–H groups in total. The molecule has 5 heteroatoms. The molecule has 1 amide bonds. The lowest BCUT2D eigenvalue weighted by molar-refractivity contribution is -0.117. The molecule has 1 aromatic rings. The molecule has 1 aliphatic carbocycles. The molecule has 0 aromatic heterocycles. The average Bonchev–Trinajstić information content (AvgIpc) is 2.98. The lowest BCUT2D eigenvalue weighted by atomic mass is 10.2. The van der Waals surface area contributed by atoms with Crippen molar-refractivity contribution in [1.29, 1.82) is 0 Å². The van der Waals surface area contributed by atoms with E-state index in [9.17, 15) is 9.18 Å². The van der Waals surface area contributed by atoms with Gasteiger partial charge in [0.2, 0.25) is 5.91 Å². The van der Waals surface area contributed by atoms with E-state index in [1.807, 2.05) is 11.9 Å². The number of nitrogens with zero attached hydrogens (tertiary/aromatic N) is 1. The number of likely N-dealkylation sites (N-methyl/N-ethyl adjacent to an activating group) is 1. The van der Waals surface area contributed by atoms with Gasteiger partial charge in [0, 0.05) is 6.54 Å². The topological polar surface area (TPSA) is 58.4 Å². The molecular weight excluding hydrogens is 245 g/mol. The summed E-state index contributed by atoms with van der Waals surface area (Å²) in [5, 5.41) is 2.70. The van der Waals surface area contributed by atoms with Crippen LogP contribution in [0.15, 0.2) is 18.2 Å². The zero-order chi connectivity index (χ0) is 14.0. The monoisotopic (exact) mass is 265 g/mol. The molecule has 0 radical (unpaired) electrons. The molecular formula is C14H20FN3O. The van der Waals surface area contributed by atoms with Crippen molar-refractivity contribution in [1.82, 2.24) is 4.90 Å². The van der Waals surface area contributed by atoms with Crippen LogP contribution in [0.5, 0.6) is 0 Å². The number of hydrogen-bond donors (Lipinski definition) is 2. The Morgan fingerprint density at radius 1 is 1.58 bits per heavy atom. The third kappa shape index (κ3) is 3.92. The minimum absolute atomic E-state index is 0.130. The van der Waals surface area contributed by atoms with Crippen LogP contribution in [0.3, 0.4) is 0 Å². The number of carbonyl (C=O) groups excluding carboxylic acids is 1. The number of nitrogen functional groups attached to an aromatic ring is 1. The van der Waals surface area contributed by atoms with Crippen LogP contribution in [-0.4, -0.2) is 30.9 Å². The van der Waals surface area contributed by atoms with Gasteiger partial charge in [-0.1, -0.05) is 6.92 Å². The van der Waals surface area contributed by atoms with Crippen molar-refractivity contribution in [3.8, 4) is 0 Å². The number of benzene rings is 1. The molecule has 0 saturated heterocycles. The van der Waals surface area contributed by atoms with E-state index < -0.39 is 5.82 Å². The number of amides is 1. The first-order chi connectivity index (χ1) is 8.95. The maximum atomic E-state index is 12.9. The summed E-state index contributed by atoms with van der Waals surface area (Å²) >= 11 is 0. The largest absolute Gasteiger partial charge is 0.397 e. The molecule has 1 fully saturated rings. The molecule has 0 aliphatic heterocycles. The van der Waals surface area contributed by atoms with Crippen LogP contribution in [0.1, 0.15) is 13.3 Å². The highest BCUT2D eigenvalue weighted by Crippen LogP contribution is 2.37. The summed E-state index contributed by atoms with van der Waals surface area (Å²) in [6.07, 6.45) is 1.25. The fourth-order valence-electron chi connectivity index (χ4n) is 2.20. The molecule has 0 bridgehead atoms. The van der Waals surface area contributed by atoms with E-state index >= 15 is 0 Å². The molecule has 0 heterocycles. The Bertz CT molecular complexity index is 478. The number of nitrogens with two attached hydrogens (primary N) is 1. The van der Waals surface area contributed by atoms with E-state index in [-0.39, 0.29) is 11.6 Å². The first-order valence-electron chi connectivity index (χ1n) is 6.49. The van der Waals surface area contributed by atoms with Crippen LogP contribution in [-0.2, 0) is 4.79 Å². The third-order valence-electron chi connectivity index (χ3n) is 3.52. The van der Waals surface area contributed by atoms with Crippen LogP contribution >= 0.6 is 0 Å². The summed E-state index contributed by atoms with van der Waals surface area (Å²) in [5.74, 6) is 0.955. The molecule has 2 unspecified atom stereocenters. The predicted octanol–water partition coefficient (Wildman–Crippen LogP) is 1.93. The molecule has 2 atom stereocenters. The van der Waals surface area contributed by atoms with Gasteiger partial charge in [-0.05, 0) is 43.5 Å². The molecule has 1 aliphatic rings. The van der Waals surface area contributed by atoms with E-state index in [2.05, 4.69) is 12.2 Å². The van der Waals surface area contributed by atoms with E-state index in [0.29, 0.717) is 18.2 Å². The van der Waals surface area contributed by atoms with E-state index in [4.69, 9.17) is 5.73 Å². The number of rotatable bonds is 5. The van der Waals surface area contributed by atoms with E-state index in [1.54, 1.807) is 0 Å². The molecule has 104 valence electrons. The number of halogens is 1. The summed E-state index contributed by atoms with van der Waals surface area (Å²) < 4.78 is 12.9. The fourth-order valence-corrected chi connectivity index (χ4v) is 2.20. The highest BCUT2D eigenvalue weighted by atomic mass is 19.1. The van der Waals surface area contributed by atoms with Gasteiger partial charge in [0.1, 0.15) is 5.82 Å². The zero-order valence-electron chi connectivity index (χ0n) is 11.3. The summed E-state index contributed by atoms with van der Waals surface area (Å²) in [6.45, 7) is 3.48. The normalized spacial score (nSPS) is 21.5. The Hall–Kier alpha value is -1.62. The van der Waals surface area contributed by atoms with Crippen molar-refractivity contribution >= 4 is 17.3 Å². The van der Waals surface area contributed by atoms with Gasteiger partial charge in [-0.15, -0.1) is 0 Å². The van der Waals surface area contributed by atoms with Gasteiger partial charge in [-0.3, -0.25) is 9.69 Å². The molecule has 1 aromatic carbocycles. The predicted molar refractivity (Wildman–Crippen MR) is 74.2 cm³/mol. The van der Waals surface area contributed by atoms with Crippen molar-refractivity contribution in [2.24, 2.45) is 11.8 Å².